The number of Topliss-reactive ketones (excluding diaryl/α,β-unsaturated/α-hetero) is 1. The number of carbonyl (C=O) groups excluding carboxylic acids is 2. The topological polar surface area (TPSA) is 99.2 Å². The van der Waals surface area contributed by atoms with Crippen molar-refractivity contribution in [1.29, 1.82) is 0 Å². The molecular formula is C20H23NO7S. The molecule has 9 heteroatoms. The Morgan fingerprint density at radius 1 is 1.00 bits per heavy atom. The van der Waals surface area contributed by atoms with Crippen LogP contribution in [0, 0.1) is 0 Å². The molecule has 0 saturated carbocycles. The third kappa shape index (κ3) is 5.20. The van der Waals surface area contributed by atoms with Crippen molar-refractivity contribution >= 4 is 21.8 Å². The van der Waals surface area contributed by atoms with Crippen molar-refractivity contribution in [3.63, 3.8) is 0 Å². The van der Waals surface area contributed by atoms with Gasteiger partial charge in [0.2, 0.25) is 0 Å². The van der Waals surface area contributed by atoms with Crippen LogP contribution in [0.3, 0.4) is 0 Å². The minimum atomic E-state index is -4.06. The Morgan fingerprint density at radius 3 is 2.17 bits per heavy atom. The van der Waals surface area contributed by atoms with Crippen LogP contribution in [0.4, 0.5) is 0 Å². The fourth-order valence-electron chi connectivity index (χ4n) is 2.47. The van der Waals surface area contributed by atoms with Gasteiger partial charge in [-0.2, -0.15) is 0 Å². The molecule has 2 aromatic carbocycles. The van der Waals surface area contributed by atoms with Gasteiger partial charge in [-0.25, -0.2) is 13.2 Å². The molecular weight excluding hydrogens is 398 g/mol. The molecule has 0 aromatic heterocycles. The van der Waals surface area contributed by atoms with Crippen LogP contribution >= 0.6 is 0 Å². The first-order valence-electron chi connectivity index (χ1n) is 8.75. The maximum absolute atomic E-state index is 12.5. The van der Waals surface area contributed by atoms with Crippen LogP contribution in [-0.2, 0) is 26.0 Å². The highest BCUT2D eigenvalue weighted by atomic mass is 32.2. The summed E-state index contributed by atoms with van der Waals surface area (Å²) in [5.41, 5.74) is 1.48. The summed E-state index contributed by atoms with van der Waals surface area (Å²) in [7, 11) is -0.344. The molecule has 0 spiro atoms. The van der Waals surface area contributed by atoms with Crippen LogP contribution in [0.1, 0.15) is 33.2 Å². The molecule has 0 bridgehead atoms. The van der Waals surface area contributed by atoms with Gasteiger partial charge in [-0.15, -0.1) is 0 Å². The van der Waals surface area contributed by atoms with Gasteiger partial charge in [0.1, 0.15) is 10.6 Å². The largest absolute Gasteiger partial charge is 0.495 e. The van der Waals surface area contributed by atoms with Gasteiger partial charge in [-0.05, 0) is 30.2 Å². The van der Waals surface area contributed by atoms with E-state index in [0.29, 0.717) is 10.0 Å². The summed E-state index contributed by atoms with van der Waals surface area (Å²) in [5.74, 6) is -1.15. The zero-order chi connectivity index (χ0) is 21.6. The monoisotopic (exact) mass is 421 g/mol. The predicted octanol–water partition coefficient (Wildman–Crippen LogP) is 2.48. The van der Waals surface area contributed by atoms with E-state index in [4.69, 9.17) is 14.3 Å². The molecule has 0 aliphatic rings. The van der Waals surface area contributed by atoms with Gasteiger partial charge in [-0.1, -0.05) is 35.7 Å². The molecule has 0 unspecified atom stereocenters. The molecule has 2 rings (SSSR count). The number of benzene rings is 2. The number of rotatable bonds is 9. The lowest BCUT2D eigenvalue weighted by Gasteiger charge is -2.17. The van der Waals surface area contributed by atoms with E-state index in [9.17, 15) is 18.0 Å². The van der Waals surface area contributed by atoms with E-state index < -0.39 is 22.6 Å². The Bertz CT molecular complexity index is 984. The van der Waals surface area contributed by atoms with E-state index in [1.54, 1.807) is 12.1 Å². The molecule has 0 aliphatic heterocycles. The van der Waals surface area contributed by atoms with Crippen molar-refractivity contribution in [3.8, 4) is 5.75 Å². The number of methoxy groups -OCH3 is 1. The quantitative estimate of drug-likeness (QED) is 0.348. The van der Waals surface area contributed by atoms with Crippen molar-refractivity contribution in [2.75, 3.05) is 27.9 Å². The third-order valence-corrected chi connectivity index (χ3v) is 5.99. The number of hydroxylamine groups is 1. The molecule has 0 heterocycles. The van der Waals surface area contributed by atoms with Crippen LogP contribution in [0.25, 0.3) is 0 Å². The molecule has 0 amide bonds. The van der Waals surface area contributed by atoms with E-state index in [1.165, 1.54) is 33.4 Å². The minimum Gasteiger partial charge on any atom is -0.495 e. The van der Waals surface area contributed by atoms with Gasteiger partial charge in [-0.3, -0.25) is 9.63 Å². The Hall–Kier alpha value is -2.75. The van der Waals surface area contributed by atoms with Crippen LogP contribution in [0.15, 0.2) is 47.4 Å². The first kappa shape index (κ1) is 22.5. The fraction of sp³-hybridized carbons (Fsp3) is 0.300. The lowest BCUT2D eigenvalue weighted by molar-refractivity contribution is -0.0259. The highest BCUT2D eigenvalue weighted by Gasteiger charge is 2.27. The van der Waals surface area contributed by atoms with E-state index in [-0.39, 0.29) is 22.0 Å². The number of aryl methyl sites for hydroxylation is 1. The maximum atomic E-state index is 12.5. The number of esters is 1. The number of hydrogen-bond acceptors (Lipinski definition) is 7. The number of ether oxygens (including phenoxy) is 2. The number of ketones is 1. The molecule has 0 saturated heterocycles. The lowest BCUT2D eigenvalue weighted by Crippen LogP contribution is -2.26. The Balaban J connectivity index is 2.18. The zero-order valence-electron chi connectivity index (χ0n) is 16.7. The van der Waals surface area contributed by atoms with Crippen molar-refractivity contribution in [2.45, 2.75) is 18.2 Å². The molecule has 0 fully saturated rings. The van der Waals surface area contributed by atoms with Crippen LogP contribution < -0.4 is 4.74 Å². The second kappa shape index (κ2) is 9.64. The number of nitrogens with zero attached hydrogens (tertiary/aromatic N) is 1. The fourth-order valence-corrected chi connectivity index (χ4v) is 3.62. The first-order valence-corrected chi connectivity index (χ1v) is 10.2. The van der Waals surface area contributed by atoms with Gasteiger partial charge < -0.3 is 9.47 Å². The lowest BCUT2D eigenvalue weighted by atomic mass is 10.1. The third-order valence-electron chi connectivity index (χ3n) is 4.29. The van der Waals surface area contributed by atoms with Crippen LogP contribution in [0.2, 0.25) is 0 Å². The van der Waals surface area contributed by atoms with Crippen molar-refractivity contribution < 1.29 is 32.3 Å². The maximum Gasteiger partial charge on any atom is 0.338 e. The highest BCUT2D eigenvalue weighted by Crippen LogP contribution is 2.27. The summed E-state index contributed by atoms with van der Waals surface area (Å²) >= 11 is 0. The van der Waals surface area contributed by atoms with Crippen molar-refractivity contribution in [1.82, 2.24) is 4.47 Å². The van der Waals surface area contributed by atoms with E-state index >= 15 is 0 Å². The van der Waals surface area contributed by atoms with Crippen LogP contribution in [-0.4, -0.2) is 52.5 Å². The Morgan fingerprint density at radius 2 is 1.62 bits per heavy atom. The summed E-state index contributed by atoms with van der Waals surface area (Å²) in [4.78, 5) is 29.0. The smallest absolute Gasteiger partial charge is 0.338 e. The number of hydrogen-bond donors (Lipinski definition) is 0. The first-order chi connectivity index (χ1) is 13.7. The molecule has 0 atom stereocenters. The zero-order valence-corrected chi connectivity index (χ0v) is 17.5. The summed E-state index contributed by atoms with van der Waals surface area (Å²) in [5, 5.41) is 0. The predicted molar refractivity (Wildman–Crippen MR) is 105 cm³/mol. The highest BCUT2D eigenvalue weighted by molar-refractivity contribution is 7.89. The van der Waals surface area contributed by atoms with Crippen LogP contribution in [0.5, 0.6) is 5.75 Å². The Kier molecular flexibility index (Phi) is 7.49. The van der Waals surface area contributed by atoms with Gasteiger partial charge in [0.05, 0.1) is 19.8 Å². The molecule has 156 valence electrons. The summed E-state index contributed by atoms with van der Waals surface area (Å²) in [6.07, 6.45) is 0.852. The average molecular weight is 421 g/mol. The van der Waals surface area contributed by atoms with Crippen molar-refractivity contribution in [3.05, 3.63) is 59.2 Å². The molecule has 0 aliphatic carbocycles. The number of carbonyl (C=O) groups is 2. The second-order valence-corrected chi connectivity index (χ2v) is 7.92. The minimum absolute atomic E-state index is 0.0389. The Labute approximate surface area is 170 Å². The summed E-state index contributed by atoms with van der Waals surface area (Å²) in [6.45, 7) is 1.54. The van der Waals surface area contributed by atoms with Gasteiger partial charge in [0.25, 0.3) is 10.0 Å². The second-order valence-electron chi connectivity index (χ2n) is 6.01. The molecule has 0 N–H and O–H groups in total. The van der Waals surface area contributed by atoms with E-state index in [0.717, 1.165) is 18.1 Å². The van der Waals surface area contributed by atoms with Gasteiger partial charge in [0, 0.05) is 12.6 Å². The number of sulfonamides is 1. The average Bonchev–Trinajstić information content (AvgIpc) is 2.75. The standard InChI is InChI=1S/C20H23NO7S/c1-5-14-6-8-15(9-7-14)17(22)13-28-20(23)16-10-11-18(26-3)19(12-16)29(24,25)21(2)27-4/h6-12H,5,13H2,1-4H3. The normalized spacial score (nSPS) is 11.3. The summed E-state index contributed by atoms with van der Waals surface area (Å²) < 4.78 is 35.8. The molecule has 0 radical (unpaired) electrons. The van der Waals surface area contributed by atoms with Crippen molar-refractivity contribution in [2.24, 2.45) is 0 Å². The summed E-state index contributed by atoms with van der Waals surface area (Å²) in [6, 6.07) is 10.8. The molecule has 2 aromatic rings. The SMILES string of the molecule is CCc1ccc(C(=O)COC(=O)c2ccc(OC)c(S(=O)(=O)N(C)OC)c2)cc1. The molecule has 8 nitrogen and oxygen atoms in total. The van der Waals surface area contributed by atoms with E-state index in [2.05, 4.69) is 0 Å². The van der Waals surface area contributed by atoms with Gasteiger partial charge >= 0.3 is 5.97 Å². The van der Waals surface area contributed by atoms with E-state index in [1.807, 2.05) is 19.1 Å². The van der Waals surface area contributed by atoms with Gasteiger partial charge in [0.15, 0.2) is 12.4 Å². The molecule has 29 heavy (non-hydrogen) atoms.